The molecule has 0 bridgehead atoms. The summed E-state index contributed by atoms with van der Waals surface area (Å²) in [6.45, 7) is 3.05. The van der Waals surface area contributed by atoms with Crippen molar-refractivity contribution >= 4 is 23.5 Å². The van der Waals surface area contributed by atoms with Crippen molar-refractivity contribution in [3.63, 3.8) is 0 Å². The van der Waals surface area contributed by atoms with Crippen LogP contribution >= 0.6 is 11.6 Å². The Balaban J connectivity index is 2.50. The summed E-state index contributed by atoms with van der Waals surface area (Å²) < 4.78 is 4.92. The second-order valence-electron chi connectivity index (χ2n) is 4.05. The molecule has 0 saturated heterocycles. The molecular weight excluding hydrogens is 254 g/mol. The maximum absolute atomic E-state index is 11.7. The molecule has 0 aliphatic carbocycles. The second-order valence-corrected chi connectivity index (χ2v) is 4.48. The molecule has 0 spiro atoms. The van der Waals surface area contributed by atoms with E-state index in [1.54, 1.807) is 31.2 Å². The number of halogens is 1. The minimum absolute atomic E-state index is 0.141. The fourth-order valence-electron chi connectivity index (χ4n) is 2.00. The highest BCUT2D eigenvalue weighted by Crippen LogP contribution is 2.30. The summed E-state index contributed by atoms with van der Waals surface area (Å²) in [7, 11) is 0. The molecule has 1 aromatic rings. The zero-order valence-electron chi connectivity index (χ0n) is 9.99. The number of amides is 1. The van der Waals surface area contributed by atoms with E-state index in [0.29, 0.717) is 16.4 Å². The number of rotatable bonds is 2. The zero-order chi connectivity index (χ0) is 13.3. The zero-order valence-corrected chi connectivity index (χ0v) is 10.7. The van der Waals surface area contributed by atoms with Gasteiger partial charge >= 0.3 is 6.09 Å². The van der Waals surface area contributed by atoms with Gasteiger partial charge in [0.2, 0.25) is 0 Å². The Kier molecular flexibility index (Phi) is 3.39. The van der Waals surface area contributed by atoms with Crippen LogP contribution in [-0.2, 0) is 9.53 Å². The van der Waals surface area contributed by atoms with Crippen molar-refractivity contribution in [2.75, 3.05) is 0 Å². The second kappa shape index (κ2) is 4.82. The average molecular weight is 266 g/mol. The quantitative estimate of drug-likeness (QED) is 0.894. The summed E-state index contributed by atoms with van der Waals surface area (Å²) in [6, 6.07) is 6.51. The number of ether oxygens (including phenoxy) is 1. The SMILES string of the molecule is CC(=O)C1=C(C)OC(=O)NC1c1cccc(Cl)c1. The monoisotopic (exact) mass is 265 g/mol. The molecule has 1 unspecified atom stereocenters. The third-order valence-electron chi connectivity index (χ3n) is 2.74. The van der Waals surface area contributed by atoms with Gasteiger partial charge in [0.25, 0.3) is 0 Å². The molecule has 94 valence electrons. The molecule has 1 N–H and O–H groups in total. The lowest BCUT2D eigenvalue weighted by atomic mass is 9.94. The van der Waals surface area contributed by atoms with E-state index in [1.807, 2.05) is 0 Å². The van der Waals surface area contributed by atoms with Crippen LogP contribution in [0.1, 0.15) is 25.5 Å². The van der Waals surface area contributed by atoms with Gasteiger partial charge in [0.1, 0.15) is 5.76 Å². The first-order chi connectivity index (χ1) is 8.49. The molecule has 4 nitrogen and oxygen atoms in total. The van der Waals surface area contributed by atoms with Crippen LogP contribution < -0.4 is 5.32 Å². The molecule has 2 rings (SSSR count). The predicted molar refractivity (Wildman–Crippen MR) is 67.2 cm³/mol. The summed E-state index contributed by atoms with van der Waals surface area (Å²) in [5.41, 5.74) is 1.19. The van der Waals surface area contributed by atoms with Crippen LogP contribution in [0, 0.1) is 0 Å². The Bertz CT molecular complexity index is 551. The van der Waals surface area contributed by atoms with E-state index in [4.69, 9.17) is 16.3 Å². The van der Waals surface area contributed by atoms with Crippen LogP contribution in [0.15, 0.2) is 35.6 Å². The van der Waals surface area contributed by atoms with E-state index >= 15 is 0 Å². The highest BCUT2D eigenvalue weighted by atomic mass is 35.5. The average Bonchev–Trinajstić information content (AvgIpc) is 2.27. The van der Waals surface area contributed by atoms with Gasteiger partial charge in [-0.2, -0.15) is 0 Å². The molecule has 1 heterocycles. The molecule has 0 radical (unpaired) electrons. The van der Waals surface area contributed by atoms with Crippen LogP contribution in [0.5, 0.6) is 0 Å². The molecule has 1 amide bonds. The number of allylic oxidation sites excluding steroid dienone is 1. The lowest BCUT2D eigenvalue weighted by Crippen LogP contribution is -2.37. The van der Waals surface area contributed by atoms with Crippen molar-refractivity contribution in [2.45, 2.75) is 19.9 Å². The minimum atomic E-state index is -0.567. The highest BCUT2D eigenvalue weighted by Gasteiger charge is 2.30. The van der Waals surface area contributed by atoms with E-state index in [9.17, 15) is 9.59 Å². The number of Topliss-reactive ketones (excluding diaryl/α,β-unsaturated/α-hetero) is 1. The summed E-state index contributed by atoms with van der Waals surface area (Å²) in [5, 5.41) is 3.17. The Morgan fingerprint density at radius 2 is 2.17 bits per heavy atom. The van der Waals surface area contributed by atoms with E-state index in [0.717, 1.165) is 5.56 Å². The Morgan fingerprint density at radius 3 is 2.78 bits per heavy atom. The molecule has 1 aromatic carbocycles. The smallest absolute Gasteiger partial charge is 0.413 e. The number of carbonyl (C=O) groups is 2. The number of hydrogen-bond donors (Lipinski definition) is 1. The van der Waals surface area contributed by atoms with Crippen LogP contribution in [0.3, 0.4) is 0 Å². The van der Waals surface area contributed by atoms with Gasteiger partial charge in [-0.05, 0) is 31.5 Å². The third kappa shape index (κ3) is 2.38. The molecule has 1 aliphatic heterocycles. The number of cyclic esters (lactones) is 1. The summed E-state index contributed by atoms with van der Waals surface area (Å²) in [5.74, 6) is 0.189. The lowest BCUT2D eigenvalue weighted by molar-refractivity contribution is -0.114. The number of nitrogens with one attached hydrogen (secondary N) is 1. The molecular formula is C13H12ClNO3. The molecule has 18 heavy (non-hydrogen) atoms. The van der Waals surface area contributed by atoms with Crippen LogP contribution in [0.4, 0.5) is 4.79 Å². The Hall–Kier alpha value is -1.81. The first-order valence-corrected chi connectivity index (χ1v) is 5.82. The predicted octanol–water partition coefficient (Wildman–Crippen LogP) is 2.98. The van der Waals surface area contributed by atoms with Crippen molar-refractivity contribution < 1.29 is 14.3 Å². The van der Waals surface area contributed by atoms with E-state index < -0.39 is 12.1 Å². The number of hydrogen-bond acceptors (Lipinski definition) is 3. The largest absolute Gasteiger partial charge is 0.415 e. The van der Waals surface area contributed by atoms with Gasteiger partial charge in [0.05, 0.1) is 11.6 Å². The topological polar surface area (TPSA) is 55.4 Å². The Labute approximate surface area is 110 Å². The van der Waals surface area contributed by atoms with Crippen molar-refractivity contribution in [2.24, 2.45) is 0 Å². The summed E-state index contributed by atoms with van der Waals surface area (Å²) in [4.78, 5) is 23.1. The molecule has 5 heteroatoms. The number of benzene rings is 1. The number of carbonyl (C=O) groups excluding carboxylic acids is 2. The summed E-state index contributed by atoms with van der Waals surface area (Å²) in [6.07, 6.45) is -0.567. The third-order valence-corrected chi connectivity index (χ3v) is 2.97. The van der Waals surface area contributed by atoms with Gasteiger partial charge < -0.3 is 10.1 Å². The van der Waals surface area contributed by atoms with E-state index in [1.165, 1.54) is 6.92 Å². The number of alkyl carbamates (subject to hydrolysis) is 1. The van der Waals surface area contributed by atoms with Gasteiger partial charge in [-0.25, -0.2) is 4.79 Å². The van der Waals surface area contributed by atoms with E-state index in [2.05, 4.69) is 5.32 Å². The molecule has 0 aromatic heterocycles. The highest BCUT2D eigenvalue weighted by molar-refractivity contribution is 6.30. The fourth-order valence-corrected chi connectivity index (χ4v) is 2.20. The van der Waals surface area contributed by atoms with Crippen LogP contribution in [-0.4, -0.2) is 11.9 Å². The van der Waals surface area contributed by atoms with Gasteiger partial charge in [-0.3, -0.25) is 4.79 Å². The van der Waals surface area contributed by atoms with Crippen molar-refractivity contribution in [3.8, 4) is 0 Å². The molecule has 0 fully saturated rings. The number of ketones is 1. The van der Waals surface area contributed by atoms with Crippen molar-refractivity contribution in [1.82, 2.24) is 5.32 Å². The molecule has 1 atom stereocenters. The first kappa shape index (κ1) is 12.6. The van der Waals surface area contributed by atoms with Crippen molar-refractivity contribution in [3.05, 3.63) is 46.2 Å². The van der Waals surface area contributed by atoms with Crippen LogP contribution in [0.25, 0.3) is 0 Å². The fraction of sp³-hybridized carbons (Fsp3) is 0.231. The van der Waals surface area contributed by atoms with E-state index in [-0.39, 0.29) is 5.78 Å². The maximum atomic E-state index is 11.7. The van der Waals surface area contributed by atoms with Gasteiger partial charge in [-0.15, -0.1) is 0 Å². The Morgan fingerprint density at radius 1 is 1.44 bits per heavy atom. The van der Waals surface area contributed by atoms with Gasteiger partial charge in [0.15, 0.2) is 5.78 Å². The molecule has 1 aliphatic rings. The maximum Gasteiger partial charge on any atom is 0.413 e. The lowest BCUT2D eigenvalue weighted by Gasteiger charge is -2.26. The molecule has 0 saturated carbocycles. The van der Waals surface area contributed by atoms with Crippen LogP contribution in [0.2, 0.25) is 5.02 Å². The minimum Gasteiger partial charge on any atom is -0.415 e. The standard InChI is InChI=1S/C13H12ClNO3/c1-7(16)11-8(2)18-13(17)15-12(11)9-4-3-5-10(14)6-9/h3-6,12H,1-2H3,(H,15,17). The normalized spacial score (nSPS) is 19.3. The first-order valence-electron chi connectivity index (χ1n) is 5.44. The summed E-state index contributed by atoms with van der Waals surface area (Å²) >= 11 is 5.92. The van der Waals surface area contributed by atoms with Gasteiger partial charge in [-0.1, -0.05) is 23.7 Å². The van der Waals surface area contributed by atoms with Crippen molar-refractivity contribution in [1.29, 1.82) is 0 Å². The van der Waals surface area contributed by atoms with Gasteiger partial charge in [0, 0.05) is 5.02 Å².